The SMILES string of the molecule is CCc1cc(C#C[Si](C(C)C)(C(C)C)C(C)C)cc(CC)c1N. The molecular formula is C21H35NSi. The number of benzene rings is 1. The molecule has 2 N–H and O–H groups in total. The Morgan fingerprint density at radius 2 is 1.26 bits per heavy atom. The van der Waals surface area contributed by atoms with Crippen LogP contribution in [0.1, 0.15) is 72.1 Å². The number of hydrogen-bond acceptors (Lipinski definition) is 1. The van der Waals surface area contributed by atoms with E-state index in [0.717, 1.165) is 24.1 Å². The molecule has 0 aromatic heterocycles. The smallest absolute Gasteiger partial charge is 0.146 e. The fourth-order valence-corrected chi connectivity index (χ4v) is 9.28. The zero-order valence-electron chi connectivity index (χ0n) is 16.4. The average molecular weight is 330 g/mol. The van der Waals surface area contributed by atoms with Crippen molar-refractivity contribution in [2.45, 2.75) is 84.9 Å². The summed E-state index contributed by atoms with van der Waals surface area (Å²) in [4.78, 5) is 0. The Labute approximate surface area is 145 Å². The molecule has 0 aliphatic heterocycles. The molecule has 0 aliphatic rings. The van der Waals surface area contributed by atoms with Gasteiger partial charge in [-0.15, -0.1) is 5.54 Å². The number of nitrogen functional groups attached to an aromatic ring is 1. The van der Waals surface area contributed by atoms with Crippen LogP contribution >= 0.6 is 0 Å². The molecule has 0 radical (unpaired) electrons. The van der Waals surface area contributed by atoms with E-state index in [1.807, 2.05) is 0 Å². The lowest BCUT2D eigenvalue weighted by atomic mass is 10.00. The summed E-state index contributed by atoms with van der Waals surface area (Å²) in [6.07, 6.45) is 1.94. The Morgan fingerprint density at radius 1 is 0.870 bits per heavy atom. The highest BCUT2D eigenvalue weighted by Gasteiger charge is 2.41. The maximum Gasteiger partial charge on any atom is 0.146 e. The van der Waals surface area contributed by atoms with Gasteiger partial charge in [0.1, 0.15) is 8.07 Å². The zero-order chi connectivity index (χ0) is 17.8. The van der Waals surface area contributed by atoms with Gasteiger partial charge in [-0.1, -0.05) is 61.3 Å². The van der Waals surface area contributed by atoms with Crippen LogP contribution in [0.25, 0.3) is 0 Å². The Hall–Kier alpha value is -1.20. The van der Waals surface area contributed by atoms with E-state index in [4.69, 9.17) is 5.73 Å². The van der Waals surface area contributed by atoms with Crippen LogP contribution in [0.3, 0.4) is 0 Å². The van der Waals surface area contributed by atoms with Crippen LogP contribution in [-0.4, -0.2) is 8.07 Å². The van der Waals surface area contributed by atoms with Crippen LogP contribution in [0.5, 0.6) is 0 Å². The van der Waals surface area contributed by atoms with E-state index in [0.29, 0.717) is 16.6 Å². The van der Waals surface area contributed by atoms with E-state index in [9.17, 15) is 0 Å². The average Bonchev–Trinajstić information content (AvgIpc) is 2.47. The normalized spacial score (nSPS) is 12.0. The molecule has 0 saturated heterocycles. The Kier molecular flexibility index (Phi) is 6.95. The molecule has 0 bridgehead atoms. The topological polar surface area (TPSA) is 26.0 Å². The lowest BCUT2D eigenvalue weighted by Gasteiger charge is -2.38. The fourth-order valence-electron chi connectivity index (χ4n) is 4.05. The molecule has 1 rings (SSSR count). The number of rotatable bonds is 5. The zero-order valence-corrected chi connectivity index (χ0v) is 17.4. The monoisotopic (exact) mass is 329 g/mol. The van der Waals surface area contributed by atoms with E-state index in [1.165, 1.54) is 11.1 Å². The summed E-state index contributed by atoms with van der Waals surface area (Å²) in [5.41, 5.74) is 16.7. The van der Waals surface area contributed by atoms with Crippen molar-refractivity contribution < 1.29 is 0 Å². The van der Waals surface area contributed by atoms with Gasteiger partial charge in [-0.25, -0.2) is 0 Å². The molecule has 1 aromatic carbocycles. The highest BCUT2D eigenvalue weighted by atomic mass is 28.3. The molecule has 0 unspecified atom stereocenters. The number of aryl methyl sites for hydroxylation is 2. The first-order valence-corrected chi connectivity index (χ1v) is 11.4. The van der Waals surface area contributed by atoms with E-state index in [-0.39, 0.29) is 0 Å². The van der Waals surface area contributed by atoms with Gasteiger partial charge in [0.2, 0.25) is 0 Å². The van der Waals surface area contributed by atoms with Gasteiger partial charge in [0, 0.05) is 11.3 Å². The number of nitrogens with two attached hydrogens (primary N) is 1. The predicted molar refractivity (Wildman–Crippen MR) is 108 cm³/mol. The molecule has 0 spiro atoms. The van der Waals surface area contributed by atoms with E-state index < -0.39 is 8.07 Å². The first-order valence-electron chi connectivity index (χ1n) is 9.14. The van der Waals surface area contributed by atoms with Crippen LogP contribution in [0, 0.1) is 11.5 Å². The summed E-state index contributed by atoms with van der Waals surface area (Å²) in [5, 5.41) is 0. The van der Waals surface area contributed by atoms with Crippen LogP contribution in [-0.2, 0) is 12.8 Å². The minimum atomic E-state index is -1.67. The molecule has 128 valence electrons. The molecule has 0 heterocycles. The van der Waals surface area contributed by atoms with Gasteiger partial charge in [-0.2, -0.15) is 0 Å². The third-order valence-electron chi connectivity index (χ3n) is 5.40. The minimum Gasteiger partial charge on any atom is -0.398 e. The van der Waals surface area contributed by atoms with Gasteiger partial charge in [-0.3, -0.25) is 0 Å². The van der Waals surface area contributed by atoms with Gasteiger partial charge >= 0.3 is 0 Å². The van der Waals surface area contributed by atoms with E-state index in [1.54, 1.807) is 0 Å². The van der Waals surface area contributed by atoms with Crippen molar-refractivity contribution in [2.75, 3.05) is 5.73 Å². The Morgan fingerprint density at radius 3 is 1.57 bits per heavy atom. The second-order valence-electron chi connectivity index (χ2n) is 7.56. The lowest BCUT2D eigenvalue weighted by Crippen LogP contribution is -2.43. The highest BCUT2D eigenvalue weighted by molar-refractivity contribution is 6.90. The van der Waals surface area contributed by atoms with Crippen molar-refractivity contribution in [1.29, 1.82) is 0 Å². The molecular weight excluding hydrogens is 294 g/mol. The second-order valence-corrected chi connectivity index (χ2v) is 13.1. The molecule has 0 aliphatic carbocycles. The number of hydrogen-bond donors (Lipinski definition) is 1. The third-order valence-corrected chi connectivity index (χ3v) is 11.7. The van der Waals surface area contributed by atoms with Crippen LogP contribution in [0.4, 0.5) is 5.69 Å². The third kappa shape index (κ3) is 4.01. The first-order chi connectivity index (χ1) is 10.7. The maximum atomic E-state index is 6.26. The predicted octanol–water partition coefficient (Wildman–Crippen LogP) is 5.96. The second kappa shape index (κ2) is 8.06. The van der Waals surface area contributed by atoms with Gasteiger partial charge in [0.05, 0.1) is 0 Å². The summed E-state index contributed by atoms with van der Waals surface area (Å²) in [5.74, 6) is 3.56. The van der Waals surface area contributed by atoms with Crippen LogP contribution in [0.15, 0.2) is 12.1 Å². The highest BCUT2D eigenvalue weighted by Crippen LogP contribution is 2.40. The standard InChI is InChI=1S/C21H35NSi/c1-9-19-13-18(14-20(10-2)21(19)22)11-12-23(15(3)4,16(5)6)17(7)8/h13-17H,9-10,22H2,1-8H3. The van der Waals surface area contributed by atoms with Crippen molar-refractivity contribution >= 4 is 13.8 Å². The molecule has 0 amide bonds. The first kappa shape index (κ1) is 19.8. The lowest BCUT2D eigenvalue weighted by molar-refractivity contribution is 0.838. The van der Waals surface area contributed by atoms with Crippen LogP contribution in [0.2, 0.25) is 16.6 Å². The molecule has 2 heteroatoms. The molecule has 1 aromatic rings. The molecule has 0 fully saturated rings. The van der Waals surface area contributed by atoms with Gasteiger partial charge in [-0.05, 0) is 52.7 Å². The van der Waals surface area contributed by atoms with Gasteiger partial charge in [0.25, 0.3) is 0 Å². The summed E-state index contributed by atoms with van der Waals surface area (Å²) < 4.78 is 0. The summed E-state index contributed by atoms with van der Waals surface area (Å²) >= 11 is 0. The summed E-state index contributed by atoms with van der Waals surface area (Å²) in [7, 11) is -1.67. The summed E-state index contributed by atoms with van der Waals surface area (Å²) in [6.45, 7) is 18.5. The Bertz CT molecular complexity index is 541. The minimum absolute atomic E-state index is 0.667. The van der Waals surface area contributed by atoms with Crippen molar-refractivity contribution in [2.24, 2.45) is 0 Å². The molecule has 0 atom stereocenters. The van der Waals surface area contributed by atoms with Gasteiger partial charge in [0.15, 0.2) is 0 Å². The van der Waals surface area contributed by atoms with Crippen molar-refractivity contribution in [3.05, 3.63) is 28.8 Å². The molecule has 0 saturated carbocycles. The quantitative estimate of drug-likeness (QED) is 0.402. The maximum absolute atomic E-state index is 6.26. The largest absolute Gasteiger partial charge is 0.398 e. The van der Waals surface area contributed by atoms with E-state index in [2.05, 4.69) is 79.0 Å². The van der Waals surface area contributed by atoms with Crippen LogP contribution < -0.4 is 5.73 Å². The number of anilines is 1. The van der Waals surface area contributed by atoms with Crippen molar-refractivity contribution in [3.8, 4) is 11.5 Å². The van der Waals surface area contributed by atoms with Crippen molar-refractivity contribution in [3.63, 3.8) is 0 Å². The fraction of sp³-hybridized carbons (Fsp3) is 0.619. The molecule has 1 nitrogen and oxygen atoms in total. The van der Waals surface area contributed by atoms with E-state index >= 15 is 0 Å². The van der Waals surface area contributed by atoms with Crippen molar-refractivity contribution in [1.82, 2.24) is 0 Å². The Balaban J connectivity index is 3.43. The van der Waals surface area contributed by atoms with Gasteiger partial charge < -0.3 is 5.73 Å². The molecule has 23 heavy (non-hydrogen) atoms. The summed E-state index contributed by atoms with van der Waals surface area (Å²) in [6, 6.07) is 4.39.